The average Bonchev–Trinajstić information content (AvgIpc) is 2.57. The van der Waals surface area contributed by atoms with E-state index in [0.29, 0.717) is 26.2 Å². The van der Waals surface area contributed by atoms with Gasteiger partial charge in [-0.15, -0.1) is 0 Å². The minimum absolute atomic E-state index is 0.0196. The zero-order valence-corrected chi connectivity index (χ0v) is 14.6. The summed E-state index contributed by atoms with van der Waals surface area (Å²) in [5.41, 5.74) is 1.16. The van der Waals surface area contributed by atoms with E-state index in [1.54, 1.807) is 0 Å². The maximum atomic E-state index is 11.9. The molecule has 0 aliphatic heterocycles. The van der Waals surface area contributed by atoms with Crippen molar-refractivity contribution < 1.29 is 9.53 Å². The summed E-state index contributed by atoms with van der Waals surface area (Å²) in [6.07, 6.45) is 0.795. The van der Waals surface area contributed by atoms with E-state index in [1.165, 1.54) is 0 Å². The van der Waals surface area contributed by atoms with Crippen LogP contribution in [0.1, 0.15) is 5.56 Å². The topological polar surface area (TPSA) is 41.6 Å². The predicted molar refractivity (Wildman–Crippen MR) is 97.6 cm³/mol. The molecule has 4 nitrogen and oxygen atoms in total. The van der Waals surface area contributed by atoms with Crippen molar-refractivity contribution in [2.45, 2.75) is 6.42 Å². The Labute approximate surface area is 148 Å². The molecule has 0 fully saturated rings. The molecule has 1 amide bonds. The number of amides is 1. The Morgan fingerprint density at radius 2 is 1.83 bits per heavy atom. The summed E-state index contributed by atoms with van der Waals surface area (Å²) in [5, 5.41) is 3.65. The van der Waals surface area contributed by atoms with Crippen molar-refractivity contribution in [3.63, 3.8) is 0 Å². The number of benzene rings is 2. The van der Waals surface area contributed by atoms with Crippen LogP contribution in [0.2, 0.25) is 5.02 Å². The van der Waals surface area contributed by atoms with Gasteiger partial charge in [0.25, 0.3) is 0 Å². The molecule has 2 rings (SSSR count). The highest BCUT2D eigenvalue weighted by Crippen LogP contribution is 2.09. The third-order valence-electron chi connectivity index (χ3n) is 3.55. The third-order valence-corrected chi connectivity index (χ3v) is 3.80. The number of rotatable bonds is 9. The number of likely N-dealkylation sites (N-methyl/N-ethyl adjacent to an activating group) is 1. The highest BCUT2D eigenvalue weighted by Gasteiger charge is 2.06. The second-order valence-electron chi connectivity index (χ2n) is 5.63. The van der Waals surface area contributed by atoms with Gasteiger partial charge in [0, 0.05) is 18.1 Å². The van der Waals surface area contributed by atoms with Crippen molar-refractivity contribution in [1.82, 2.24) is 10.2 Å². The molecule has 0 radical (unpaired) electrons. The minimum atomic E-state index is 0.0196. The first-order valence-corrected chi connectivity index (χ1v) is 8.39. The Hall–Kier alpha value is -2.04. The van der Waals surface area contributed by atoms with Crippen LogP contribution in [-0.4, -0.2) is 44.1 Å². The monoisotopic (exact) mass is 346 g/mol. The van der Waals surface area contributed by atoms with Crippen LogP contribution < -0.4 is 10.1 Å². The molecule has 0 aliphatic rings. The zero-order valence-electron chi connectivity index (χ0n) is 13.9. The van der Waals surface area contributed by atoms with Crippen molar-refractivity contribution >= 4 is 17.5 Å². The number of nitrogens with zero attached hydrogens (tertiary/aromatic N) is 1. The summed E-state index contributed by atoms with van der Waals surface area (Å²) in [7, 11) is 1.91. The molecule has 2 aromatic carbocycles. The van der Waals surface area contributed by atoms with Gasteiger partial charge in [-0.2, -0.15) is 0 Å². The summed E-state index contributed by atoms with van der Waals surface area (Å²) in [6.45, 7) is 2.23. The number of ether oxygens (including phenoxy) is 1. The number of para-hydroxylation sites is 1. The lowest BCUT2D eigenvalue weighted by atomic mass is 10.1. The molecule has 0 aliphatic carbocycles. The fourth-order valence-corrected chi connectivity index (χ4v) is 2.34. The van der Waals surface area contributed by atoms with E-state index in [4.69, 9.17) is 16.3 Å². The van der Waals surface area contributed by atoms with Gasteiger partial charge >= 0.3 is 0 Å². The summed E-state index contributed by atoms with van der Waals surface area (Å²) >= 11 is 5.85. The molecular weight excluding hydrogens is 324 g/mol. The number of hydrogen-bond acceptors (Lipinski definition) is 3. The van der Waals surface area contributed by atoms with E-state index in [1.807, 2.05) is 66.5 Å². The SMILES string of the molecule is CN(CCOc1ccccc1)CC(=O)NCCc1ccc(Cl)cc1. The second-order valence-corrected chi connectivity index (χ2v) is 6.06. The maximum Gasteiger partial charge on any atom is 0.234 e. The third kappa shape index (κ3) is 7.02. The van der Waals surface area contributed by atoms with Gasteiger partial charge in [0.15, 0.2) is 0 Å². The van der Waals surface area contributed by atoms with Crippen molar-refractivity contribution in [2.24, 2.45) is 0 Å². The molecule has 0 aromatic heterocycles. The van der Waals surface area contributed by atoms with Gasteiger partial charge in [-0.25, -0.2) is 0 Å². The van der Waals surface area contributed by atoms with Crippen LogP contribution >= 0.6 is 11.6 Å². The van der Waals surface area contributed by atoms with E-state index in [9.17, 15) is 4.79 Å². The maximum absolute atomic E-state index is 11.9. The molecule has 1 N–H and O–H groups in total. The molecule has 128 valence electrons. The largest absolute Gasteiger partial charge is 0.492 e. The minimum Gasteiger partial charge on any atom is -0.492 e. The van der Waals surface area contributed by atoms with E-state index in [-0.39, 0.29) is 5.91 Å². The number of hydrogen-bond donors (Lipinski definition) is 1. The van der Waals surface area contributed by atoms with Crippen LogP contribution in [0.4, 0.5) is 0 Å². The molecule has 5 heteroatoms. The van der Waals surface area contributed by atoms with Gasteiger partial charge in [0.1, 0.15) is 12.4 Å². The van der Waals surface area contributed by atoms with Gasteiger partial charge in [-0.05, 0) is 43.3 Å². The zero-order chi connectivity index (χ0) is 17.2. The van der Waals surface area contributed by atoms with E-state index in [2.05, 4.69) is 5.32 Å². The highest BCUT2D eigenvalue weighted by molar-refractivity contribution is 6.30. The Balaban J connectivity index is 1.58. The number of nitrogens with one attached hydrogen (secondary N) is 1. The van der Waals surface area contributed by atoms with Gasteiger partial charge in [-0.3, -0.25) is 9.69 Å². The number of carbonyl (C=O) groups excluding carboxylic acids is 1. The van der Waals surface area contributed by atoms with Crippen LogP contribution in [-0.2, 0) is 11.2 Å². The molecule has 0 spiro atoms. The van der Waals surface area contributed by atoms with Gasteiger partial charge in [-0.1, -0.05) is 41.9 Å². The molecule has 0 unspecified atom stereocenters. The lowest BCUT2D eigenvalue weighted by Crippen LogP contribution is -2.37. The van der Waals surface area contributed by atoms with E-state index >= 15 is 0 Å². The normalized spacial score (nSPS) is 10.6. The first-order chi connectivity index (χ1) is 11.6. The predicted octanol–water partition coefficient (Wildman–Crippen LogP) is 3.01. The standard InChI is InChI=1S/C19H23ClN2O2/c1-22(13-14-24-18-5-3-2-4-6-18)15-19(23)21-12-11-16-7-9-17(20)10-8-16/h2-10H,11-15H2,1H3,(H,21,23). The van der Waals surface area contributed by atoms with Gasteiger partial charge in [0.2, 0.25) is 5.91 Å². The molecule has 0 bridgehead atoms. The second kappa shape index (κ2) is 9.96. The van der Waals surface area contributed by atoms with Gasteiger partial charge in [0.05, 0.1) is 6.54 Å². The fraction of sp³-hybridized carbons (Fsp3) is 0.316. The quantitative estimate of drug-likeness (QED) is 0.759. The number of carbonyl (C=O) groups is 1. The molecule has 24 heavy (non-hydrogen) atoms. The van der Waals surface area contributed by atoms with Crippen LogP contribution in [0, 0.1) is 0 Å². The summed E-state index contributed by atoms with van der Waals surface area (Å²) in [6, 6.07) is 17.3. The Morgan fingerprint density at radius 3 is 2.54 bits per heavy atom. The summed E-state index contributed by atoms with van der Waals surface area (Å²) in [4.78, 5) is 13.9. The van der Waals surface area contributed by atoms with E-state index < -0.39 is 0 Å². The Kier molecular flexibility index (Phi) is 7.59. The van der Waals surface area contributed by atoms with Crippen LogP contribution in [0.5, 0.6) is 5.75 Å². The Morgan fingerprint density at radius 1 is 1.12 bits per heavy atom. The summed E-state index contributed by atoms with van der Waals surface area (Å²) < 4.78 is 5.62. The van der Waals surface area contributed by atoms with Crippen LogP contribution in [0.15, 0.2) is 54.6 Å². The van der Waals surface area contributed by atoms with Crippen molar-refractivity contribution in [3.8, 4) is 5.75 Å². The highest BCUT2D eigenvalue weighted by atomic mass is 35.5. The fourth-order valence-electron chi connectivity index (χ4n) is 2.21. The molecule has 0 saturated heterocycles. The molecule has 2 aromatic rings. The lowest BCUT2D eigenvalue weighted by molar-refractivity contribution is -0.121. The first-order valence-electron chi connectivity index (χ1n) is 8.01. The molecule has 0 atom stereocenters. The van der Waals surface area contributed by atoms with Crippen LogP contribution in [0.25, 0.3) is 0 Å². The Bertz CT molecular complexity index is 617. The van der Waals surface area contributed by atoms with Gasteiger partial charge < -0.3 is 10.1 Å². The molecular formula is C19H23ClN2O2. The number of halogens is 1. The van der Waals surface area contributed by atoms with Crippen LogP contribution in [0.3, 0.4) is 0 Å². The van der Waals surface area contributed by atoms with Crippen molar-refractivity contribution in [2.75, 3.05) is 33.3 Å². The molecule has 0 heterocycles. The van der Waals surface area contributed by atoms with Crippen molar-refractivity contribution in [3.05, 3.63) is 65.2 Å². The van der Waals surface area contributed by atoms with Crippen molar-refractivity contribution in [1.29, 1.82) is 0 Å². The molecule has 0 saturated carbocycles. The van der Waals surface area contributed by atoms with E-state index in [0.717, 1.165) is 22.8 Å². The smallest absolute Gasteiger partial charge is 0.234 e. The summed E-state index contributed by atoms with van der Waals surface area (Å²) in [5.74, 6) is 0.865. The lowest BCUT2D eigenvalue weighted by Gasteiger charge is -2.16. The first kappa shape index (κ1) is 18.3. The average molecular weight is 347 g/mol.